The number of thiophene rings is 1. The molecule has 0 spiro atoms. The molecule has 0 aromatic carbocycles. The number of nitrogens with one attached hydrogen (secondary N) is 1. The second-order valence-corrected chi connectivity index (χ2v) is 7.63. The molecule has 0 bridgehead atoms. The molecule has 3 nitrogen and oxygen atoms in total. The van der Waals surface area contributed by atoms with E-state index in [2.05, 4.69) is 48.6 Å². The van der Waals surface area contributed by atoms with Gasteiger partial charge >= 0.3 is 0 Å². The predicted octanol–water partition coefficient (Wildman–Crippen LogP) is 3.02. The van der Waals surface area contributed by atoms with Gasteiger partial charge in [-0.15, -0.1) is 11.3 Å². The lowest BCUT2D eigenvalue weighted by molar-refractivity contribution is 0.0279. The fourth-order valence-corrected chi connectivity index (χ4v) is 3.49. The Balaban J connectivity index is 1.58. The quantitative estimate of drug-likeness (QED) is 0.759. The lowest BCUT2D eigenvalue weighted by Crippen LogP contribution is -2.33. The predicted molar refractivity (Wildman–Crippen MR) is 91.1 cm³/mol. The number of hydrogen-bond acceptors (Lipinski definition) is 4. The minimum Gasteiger partial charge on any atom is -0.372 e. The van der Waals surface area contributed by atoms with E-state index in [-0.39, 0.29) is 0 Å². The largest absolute Gasteiger partial charge is 0.372 e. The van der Waals surface area contributed by atoms with Crippen molar-refractivity contribution in [2.45, 2.75) is 45.3 Å². The molecule has 1 N–H and O–H groups in total. The van der Waals surface area contributed by atoms with Gasteiger partial charge in [0.25, 0.3) is 0 Å². The van der Waals surface area contributed by atoms with E-state index >= 15 is 0 Å². The van der Waals surface area contributed by atoms with Crippen LogP contribution in [-0.2, 0) is 11.2 Å². The van der Waals surface area contributed by atoms with Crippen LogP contribution in [-0.4, -0.2) is 50.3 Å². The summed E-state index contributed by atoms with van der Waals surface area (Å²) in [5, 5.41) is 5.66. The van der Waals surface area contributed by atoms with Crippen LogP contribution in [0.1, 0.15) is 31.6 Å². The van der Waals surface area contributed by atoms with E-state index in [0.29, 0.717) is 18.1 Å². The standard InChI is InChI=1S/C17H30N2OS/c1-14(2)11-18-12-15-6-7-16(20-15)13-19(3)9-8-17-5-4-10-21-17/h4-5,10,14-16,18H,6-9,11-13H2,1-3H3. The topological polar surface area (TPSA) is 24.5 Å². The molecule has 0 amide bonds. The first-order chi connectivity index (χ1) is 10.1. The molecule has 1 aromatic rings. The number of nitrogens with zero attached hydrogens (tertiary/aromatic N) is 1. The van der Waals surface area contributed by atoms with Gasteiger partial charge in [-0.25, -0.2) is 0 Å². The van der Waals surface area contributed by atoms with Crippen LogP contribution in [0.5, 0.6) is 0 Å². The fourth-order valence-electron chi connectivity index (χ4n) is 2.79. The summed E-state index contributed by atoms with van der Waals surface area (Å²) in [4.78, 5) is 3.89. The van der Waals surface area contributed by atoms with Gasteiger partial charge in [0.1, 0.15) is 0 Å². The summed E-state index contributed by atoms with van der Waals surface area (Å²) in [5.41, 5.74) is 0. The normalized spacial score (nSPS) is 22.5. The van der Waals surface area contributed by atoms with Gasteiger partial charge < -0.3 is 15.0 Å². The van der Waals surface area contributed by atoms with Crippen LogP contribution < -0.4 is 5.32 Å². The van der Waals surface area contributed by atoms with E-state index in [4.69, 9.17) is 4.74 Å². The first kappa shape index (κ1) is 16.9. The Morgan fingerprint density at radius 1 is 1.38 bits per heavy atom. The summed E-state index contributed by atoms with van der Waals surface area (Å²) in [6.07, 6.45) is 4.40. The van der Waals surface area contributed by atoms with Gasteiger partial charge in [-0.2, -0.15) is 0 Å². The van der Waals surface area contributed by atoms with Gasteiger partial charge in [0.05, 0.1) is 12.2 Å². The first-order valence-corrected chi connectivity index (χ1v) is 9.08. The second-order valence-electron chi connectivity index (χ2n) is 6.60. The van der Waals surface area contributed by atoms with E-state index in [1.54, 1.807) is 0 Å². The molecule has 2 atom stereocenters. The number of hydrogen-bond donors (Lipinski definition) is 1. The van der Waals surface area contributed by atoms with Crippen LogP contribution in [0.4, 0.5) is 0 Å². The Hall–Kier alpha value is -0.420. The molecule has 120 valence electrons. The highest BCUT2D eigenvalue weighted by Crippen LogP contribution is 2.20. The van der Waals surface area contributed by atoms with Crippen molar-refractivity contribution >= 4 is 11.3 Å². The molecule has 0 saturated carbocycles. The minimum atomic E-state index is 0.416. The lowest BCUT2D eigenvalue weighted by atomic mass is 10.1. The zero-order valence-electron chi connectivity index (χ0n) is 13.7. The van der Waals surface area contributed by atoms with Crippen molar-refractivity contribution in [3.8, 4) is 0 Å². The average molecular weight is 311 g/mol. The molecule has 1 aromatic heterocycles. The lowest BCUT2D eigenvalue weighted by Gasteiger charge is -2.21. The fraction of sp³-hybridized carbons (Fsp3) is 0.765. The molecule has 1 aliphatic heterocycles. The molecule has 1 aliphatic rings. The van der Waals surface area contributed by atoms with Crippen molar-refractivity contribution in [1.82, 2.24) is 10.2 Å². The van der Waals surface area contributed by atoms with Gasteiger partial charge in [0, 0.05) is 24.5 Å². The second kappa shape index (κ2) is 8.89. The van der Waals surface area contributed by atoms with Crippen molar-refractivity contribution in [3.05, 3.63) is 22.4 Å². The Bertz CT molecular complexity index is 380. The van der Waals surface area contributed by atoms with Crippen LogP contribution >= 0.6 is 11.3 Å². The number of ether oxygens (including phenoxy) is 1. The smallest absolute Gasteiger partial charge is 0.0707 e. The van der Waals surface area contributed by atoms with E-state index < -0.39 is 0 Å². The molecule has 2 unspecified atom stereocenters. The molecule has 0 aliphatic carbocycles. The summed E-state index contributed by atoms with van der Waals surface area (Å²) in [7, 11) is 2.21. The Morgan fingerprint density at radius 3 is 2.90 bits per heavy atom. The maximum Gasteiger partial charge on any atom is 0.0707 e. The molecule has 2 rings (SSSR count). The monoisotopic (exact) mass is 310 g/mol. The summed E-state index contributed by atoms with van der Waals surface area (Å²) in [6.45, 7) is 8.77. The van der Waals surface area contributed by atoms with Crippen molar-refractivity contribution in [2.75, 3.05) is 33.2 Å². The average Bonchev–Trinajstić information content (AvgIpc) is 3.08. The van der Waals surface area contributed by atoms with Crippen molar-refractivity contribution < 1.29 is 4.74 Å². The first-order valence-electron chi connectivity index (χ1n) is 8.20. The summed E-state index contributed by atoms with van der Waals surface area (Å²) >= 11 is 1.85. The molecular weight excluding hydrogens is 280 g/mol. The summed E-state index contributed by atoms with van der Waals surface area (Å²) < 4.78 is 6.15. The van der Waals surface area contributed by atoms with Crippen LogP contribution in [0.2, 0.25) is 0 Å². The maximum atomic E-state index is 6.15. The van der Waals surface area contributed by atoms with Crippen LogP contribution in [0.15, 0.2) is 17.5 Å². The van der Waals surface area contributed by atoms with E-state index in [0.717, 1.165) is 32.6 Å². The van der Waals surface area contributed by atoms with Gasteiger partial charge in [-0.1, -0.05) is 19.9 Å². The summed E-state index contributed by atoms with van der Waals surface area (Å²) in [6, 6.07) is 4.36. The molecule has 1 fully saturated rings. The van der Waals surface area contributed by atoms with Crippen LogP contribution in [0, 0.1) is 5.92 Å². The van der Waals surface area contributed by atoms with E-state index in [9.17, 15) is 0 Å². The van der Waals surface area contributed by atoms with Crippen molar-refractivity contribution in [3.63, 3.8) is 0 Å². The Labute approximate surface area is 133 Å². The Morgan fingerprint density at radius 2 is 2.19 bits per heavy atom. The third kappa shape index (κ3) is 6.47. The SMILES string of the molecule is CC(C)CNCC1CCC(CN(C)CCc2cccs2)O1. The van der Waals surface area contributed by atoms with Crippen molar-refractivity contribution in [2.24, 2.45) is 5.92 Å². The minimum absolute atomic E-state index is 0.416. The van der Waals surface area contributed by atoms with Crippen molar-refractivity contribution in [1.29, 1.82) is 0 Å². The maximum absolute atomic E-state index is 6.15. The molecular formula is C17H30N2OS. The van der Waals surface area contributed by atoms with Gasteiger partial charge in [0.2, 0.25) is 0 Å². The van der Waals surface area contributed by atoms with Gasteiger partial charge in [-0.3, -0.25) is 0 Å². The van der Waals surface area contributed by atoms with Gasteiger partial charge in [-0.05, 0) is 50.2 Å². The van der Waals surface area contributed by atoms with E-state index in [1.165, 1.54) is 17.7 Å². The molecule has 4 heteroatoms. The zero-order valence-corrected chi connectivity index (χ0v) is 14.5. The molecule has 0 radical (unpaired) electrons. The molecule has 1 saturated heterocycles. The third-order valence-corrected chi connectivity index (χ3v) is 4.89. The highest BCUT2D eigenvalue weighted by atomic mass is 32.1. The zero-order chi connectivity index (χ0) is 15.1. The number of rotatable bonds is 9. The third-order valence-electron chi connectivity index (χ3n) is 3.96. The van der Waals surface area contributed by atoms with Crippen LogP contribution in [0.3, 0.4) is 0 Å². The van der Waals surface area contributed by atoms with E-state index in [1.807, 2.05) is 11.3 Å². The highest BCUT2D eigenvalue weighted by Gasteiger charge is 2.25. The van der Waals surface area contributed by atoms with Gasteiger partial charge in [0.15, 0.2) is 0 Å². The molecule has 2 heterocycles. The summed E-state index contributed by atoms with van der Waals surface area (Å²) in [5.74, 6) is 0.714. The Kier molecular flexibility index (Phi) is 7.17. The molecule has 21 heavy (non-hydrogen) atoms. The number of likely N-dealkylation sites (N-methyl/N-ethyl adjacent to an activating group) is 1. The van der Waals surface area contributed by atoms with Crippen LogP contribution in [0.25, 0.3) is 0 Å². The highest BCUT2D eigenvalue weighted by molar-refractivity contribution is 7.09.